The first-order valence-electron chi connectivity index (χ1n) is 13.6. The van der Waals surface area contributed by atoms with Crippen LogP contribution >= 0.6 is 0 Å². The van der Waals surface area contributed by atoms with E-state index in [2.05, 4.69) is 89.0 Å². The number of fused-ring (bicyclic) bond motifs is 10. The molecule has 0 aliphatic carbocycles. The summed E-state index contributed by atoms with van der Waals surface area (Å²) >= 11 is 0. The van der Waals surface area contributed by atoms with Crippen LogP contribution < -0.4 is 10.7 Å². The Hall–Kier alpha value is -4.60. The van der Waals surface area contributed by atoms with Crippen LogP contribution in [0.1, 0.15) is 11.1 Å². The summed E-state index contributed by atoms with van der Waals surface area (Å²) in [6.45, 7) is 0.587. The van der Waals surface area contributed by atoms with Crippen molar-refractivity contribution in [1.29, 1.82) is 0 Å². The molecule has 7 aromatic rings. The van der Waals surface area contributed by atoms with Gasteiger partial charge < -0.3 is 19.2 Å². The molecule has 1 aliphatic rings. The fourth-order valence-electron chi connectivity index (χ4n) is 6.42. The lowest BCUT2D eigenvalue weighted by Crippen LogP contribution is -2.30. The number of nitrogens with zero attached hydrogens (tertiary/aromatic N) is 3. The molecule has 0 saturated carbocycles. The average Bonchev–Trinajstić information content (AvgIpc) is 3.40. The van der Waals surface area contributed by atoms with Gasteiger partial charge in [0, 0.05) is 50.9 Å². The van der Waals surface area contributed by atoms with Gasteiger partial charge in [0.2, 0.25) is 0 Å². The van der Waals surface area contributed by atoms with Crippen LogP contribution in [-0.4, -0.2) is 26.3 Å². The van der Waals surface area contributed by atoms with Crippen LogP contribution in [0.2, 0.25) is 0 Å². The van der Waals surface area contributed by atoms with E-state index in [4.69, 9.17) is 9.68 Å². The second-order valence-corrected chi connectivity index (χ2v) is 10.4. The van der Waals surface area contributed by atoms with Crippen molar-refractivity contribution in [2.45, 2.75) is 13.2 Å². The van der Waals surface area contributed by atoms with Gasteiger partial charge in [-0.15, -0.1) is 5.23 Å². The van der Waals surface area contributed by atoms with Crippen molar-refractivity contribution in [2.24, 2.45) is 7.05 Å². The molecule has 0 bridgehead atoms. The van der Waals surface area contributed by atoms with Crippen LogP contribution in [0.25, 0.3) is 49.3 Å². The SMILES string of the molecule is Cn1c2ccccc2c2c3c4ccccc4n(-c4ccccc4)c3c3c(c21)CON(c1ccc(B(O)O)cc1)OC3. The van der Waals surface area contributed by atoms with Crippen molar-refractivity contribution < 1.29 is 19.7 Å². The average molecular weight is 539 g/mol. The topological polar surface area (TPSA) is 72.0 Å². The van der Waals surface area contributed by atoms with E-state index in [1.807, 2.05) is 6.07 Å². The standard InChI is InChI=1S/C33H26BN3O4/c1-35-28-13-7-5-11-24(28)30-31-25-12-6-8-14-29(25)36(22-9-3-2-4-10-22)33(31)27-20-41-37(40-19-26(27)32(30)35)23-17-15-21(16-18-23)34(38)39/h2-18,38-39H,19-20H2,1H3. The molecule has 2 aromatic heterocycles. The minimum absolute atomic E-state index is 0.289. The molecule has 0 saturated heterocycles. The molecule has 8 heteroatoms. The summed E-state index contributed by atoms with van der Waals surface area (Å²) in [5.74, 6) is 0. The Kier molecular flexibility index (Phi) is 5.45. The lowest BCUT2D eigenvalue weighted by Gasteiger charge is -2.20. The van der Waals surface area contributed by atoms with E-state index in [-0.39, 0.29) is 6.61 Å². The number of hydrogen-bond donors (Lipinski definition) is 2. The van der Waals surface area contributed by atoms with Crippen molar-refractivity contribution in [1.82, 2.24) is 9.13 Å². The molecule has 0 amide bonds. The van der Waals surface area contributed by atoms with E-state index in [1.54, 1.807) is 24.3 Å². The van der Waals surface area contributed by atoms with Gasteiger partial charge >= 0.3 is 7.12 Å². The van der Waals surface area contributed by atoms with Gasteiger partial charge in [-0.3, -0.25) is 0 Å². The van der Waals surface area contributed by atoms with Gasteiger partial charge in [-0.1, -0.05) is 66.7 Å². The second-order valence-electron chi connectivity index (χ2n) is 10.4. The quantitative estimate of drug-likeness (QED) is 0.291. The first-order valence-corrected chi connectivity index (χ1v) is 13.6. The number of anilines is 1. The van der Waals surface area contributed by atoms with Gasteiger partial charge in [0.1, 0.15) is 13.2 Å². The molecular weight excluding hydrogens is 513 g/mol. The number of para-hydroxylation sites is 3. The Labute approximate surface area is 236 Å². The third kappa shape index (κ3) is 3.56. The number of aryl methyl sites for hydroxylation is 1. The Balaban J connectivity index is 1.45. The van der Waals surface area contributed by atoms with E-state index in [9.17, 15) is 10.0 Å². The highest BCUT2D eigenvalue weighted by atomic mass is 16.9. The lowest BCUT2D eigenvalue weighted by atomic mass is 9.80. The minimum atomic E-state index is -1.53. The van der Waals surface area contributed by atoms with Crippen LogP contribution in [-0.2, 0) is 29.9 Å². The number of aromatic nitrogens is 2. The molecule has 200 valence electrons. The Bertz CT molecular complexity index is 2100. The number of benzene rings is 5. The number of rotatable bonds is 3. The lowest BCUT2D eigenvalue weighted by molar-refractivity contribution is -0.0951. The van der Waals surface area contributed by atoms with Gasteiger partial charge in [0.15, 0.2) is 0 Å². The minimum Gasteiger partial charge on any atom is -0.423 e. The van der Waals surface area contributed by atoms with Crippen LogP contribution in [0.15, 0.2) is 103 Å². The smallest absolute Gasteiger partial charge is 0.423 e. The summed E-state index contributed by atoms with van der Waals surface area (Å²) < 4.78 is 4.62. The molecule has 8 rings (SSSR count). The monoisotopic (exact) mass is 539 g/mol. The van der Waals surface area contributed by atoms with Gasteiger partial charge in [0.05, 0.1) is 22.2 Å². The van der Waals surface area contributed by atoms with E-state index in [0.717, 1.165) is 38.9 Å². The molecule has 2 N–H and O–H groups in total. The summed E-state index contributed by atoms with van der Waals surface area (Å²) in [6.07, 6.45) is 0. The third-order valence-corrected chi connectivity index (χ3v) is 8.24. The fourth-order valence-corrected chi connectivity index (χ4v) is 6.42. The molecule has 41 heavy (non-hydrogen) atoms. The summed E-state index contributed by atoms with van der Waals surface area (Å²) in [4.78, 5) is 12.6. The maximum absolute atomic E-state index is 9.53. The molecule has 0 fully saturated rings. The van der Waals surface area contributed by atoms with Crippen molar-refractivity contribution in [2.75, 3.05) is 5.23 Å². The maximum Gasteiger partial charge on any atom is 0.488 e. The number of hydrogen-bond acceptors (Lipinski definition) is 5. The van der Waals surface area contributed by atoms with Crippen LogP contribution in [0.5, 0.6) is 0 Å². The van der Waals surface area contributed by atoms with Gasteiger partial charge in [0.25, 0.3) is 0 Å². The van der Waals surface area contributed by atoms with E-state index in [1.165, 1.54) is 26.8 Å². The van der Waals surface area contributed by atoms with E-state index >= 15 is 0 Å². The molecule has 0 radical (unpaired) electrons. The van der Waals surface area contributed by atoms with Gasteiger partial charge in [-0.2, -0.15) is 0 Å². The zero-order valence-corrected chi connectivity index (χ0v) is 22.4. The first kappa shape index (κ1) is 24.2. The van der Waals surface area contributed by atoms with Gasteiger partial charge in [-0.25, -0.2) is 9.68 Å². The molecule has 0 spiro atoms. The highest BCUT2D eigenvalue weighted by Gasteiger charge is 2.29. The summed E-state index contributed by atoms with van der Waals surface area (Å²) in [7, 11) is 0.586. The first-order chi connectivity index (χ1) is 20.1. The molecule has 7 nitrogen and oxygen atoms in total. The van der Waals surface area contributed by atoms with E-state index in [0.29, 0.717) is 17.8 Å². The molecule has 0 atom stereocenters. The van der Waals surface area contributed by atoms with Crippen LogP contribution in [0.4, 0.5) is 5.69 Å². The summed E-state index contributed by atoms with van der Waals surface area (Å²) in [6, 6.07) is 34.4. The zero-order valence-electron chi connectivity index (χ0n) is 22.4. The normalized spacial score (nSPS) is 13.8. The maximum atomic E-state index is 9.53. The third-order valence-electron chi connectivity index (χ3n) is 8.24. The molecular formula is C33H26BN3O4. The summed E-state index contributed by atoms with van der Waals surface area (Å²) in [5, 5.41) is 25.3. The summed E-state index contributed by atoms with van der Waals surface area (Å²) in [5.41, 5.74) is 8.84. The van der Waals surface area contributed by atoms with Crippen molar-refractivity contribution in [3.8, 4) is 5.69 Å². The molecule has 5 aromatic carbocycles. The fraction of sp³-hybridized carbons (Fsp3) is 0.0909. The highest BCUT2D eigenvalue weighted by molar-refractivity contribution is 6.58. The highest BCUT2D eigenvalue weighted by Crippen LogP contribution is 2.45. The zero-order chi connectivity index (χ0) is 27.7. The van der Waals surface area contributed by atoms with Gasteiger partial charge in [-0.05, 0) is 41.9 Å². The van der Waals surface area contributed by atoms with Crippen LogP contribution in [0, 0.1) is 0 Å². The Morgan fingerprint density at radius 2 is 1.17 bits per heavy atom. The largest absolute Gasteiger partial charge is 0.488 e. The van der Waals surface area contributed by atoms with E-state index < -0.39 is 7.12 Å². The predicted octanol–water partition coefficient (Wildman–Crippen LogP) is 5.49. The molecule has 0 unspecified atom stereocenters. The van der Waals surface area contributed by atoms with Crippen molar-refractivity contribution in [3.05, 3.63) is 114 Å². The molecule has 1 aliphatic heterocycles. The second kappa shape index (κ2) is 9.22. The predicted molar refractivity (Wildman–Crippen MR) is 163 cm³/mol. The Morgan fingerprint density at radius 3 is 1.85 bits per heavy atom. The van der Waals surface area contributed by atoms with Crippen molar-refractivity contribution in [3.63, 3.8) is 0 Å². The van der Waals surface area contributed by atoms with Crippen LogP contribution in [0.3, 0.4) is 0 Å². The molecule has 3 heterocycles. The Morgan fingerprint density at radius 1 is 0.610 bits per heavy atom. The van der Waals surface area contributed by atoms with Crippen molar-refractivity contribution >= 4 is 61.9 Å².